The van der Waals surface area contributed by atoms with Gasteiger partial charge in [-0.15, -0.1) is 0 Å². The third kappa shape index (κ3) is 3.95. The van der Waals surface area contributed by atoms with Crippen LogP contribution in [-0.2, 0) is 4.79 Å². The van der Waals surface area contributed by atoms with Crippen LogP contribution in [0.4, 0.5) is 14.6 Å². The molecule has 2 saturated heterocycles. The Morgan fingerprint density at radius 1 is 1.16 bits per heavy atom. The topological polar surface area (TPSA) is 65.8 Å². The van der Waals surface area contributed by atoms with Crippen molar-refractivity contribution < 1.29 is 13.6 Å². The maximum absolute atomic E-state index is 14.4. The number of nitrogens with zero attached hydrogens (tertiary/aromatic N) is 5. The maximum Gasteiger partial charge on any atom is 0.246 e. The second-order valence-electron chi connectivity index (χ2n) is 8.08. The van der Waals surface area contributed by atoms with E-state index in [4.69, 9.17) is 4.98 Å². The fraction of sp³-hybridized carbons (Fsp3) is 0.348. The van der Waals surface area contributed by atoms with Gasteiger partial charge in [0.05, 0.1) is 12.2 Å². The molecule has 9 heteroatoms. The molecule has 2 aliphatic heterocycles. The number of fused-ring (bicyclic) bond motifs is 1. The lowest BCUT2D eigenvalue weighted by atomic mass is 10.0. The van der Waals surface area contributed by atoms with Crippen molar-refractivity contribution in [2.75, 3.05) is 37.6 Å². The van der Waals surface area contributed by atoms with E-state index < -0.39 is 11.6 Å². The summed E-state index contributed by atoms with van der Waals surface area (Å²) < 4.78 is 29.9. The van der Waals surface area contributed by atoms with Crippen LogP contribution >= 0.6 is 0 Å². The highest BCUT2D eigenvalue weighted by atomic mass is 19.1. The van der Waals surface area contributed by atoms with E-state index in [0.717, 1.165) is 37.6 Å². The Bertz CT molecular complexity index is 1170. The van der Waals surface area contributed by atoms with Crippen LogP contribution in [0.1, 0.15) is 30.0 Å². The number of carbonyl (C=O) groups excluding carboxylic acids is 1. The zero-order chi connectivity index (χ0) is 22.1. The van der Waals surface area contributed by atoms with E-state index in [9.17, 15) is 13.6 Å². The molecule has 0 radical (unpaired) electrons. The molecule has 2 aliphatic rings. The number of anilines is 1. The summed E-state index contributed by atoms with van der Waals surface area (Å²) in [7, 11) is 0. The summed E-state index contributed by atoms with van der Waals surface area (Å²) in [5.74, 6) is -0.228. The fourth-order valence-electron chi connectivity index (χ4n) is 4.44. The van der Waals surface area contributed by atoms with Crippen molar-refractivity contribution >= 4 is 23.4 Å². The third-order valence-electron chi connectivity index (χ3n) is 6.08. The first-order valence-electron chi connectivity index (χ1n) is 10.8. The molecule has 0 aliphatic carbocycles. The van der Waals surface area contributed by atoms with E-state index in [0.29, 0.717) is 36.7 Å². The minimum atomic E-state index is -0.450. The molecule has 2 fully saturated rings. The van der Waals surface area contributed by atoms with Crippen LogP contribution < -0.4 is 10.2 Å². The largest absolute Gasteiger partial charge is 0.349 e. The summed E-state index contributed by atoms with van der Waals surface area (Å²) in [5, 5.41) is 7.55. The molecular formula is C23H24F2N6O. The van der Waals surface area contributed by atoms with E-state index in [2.05, 4.69) is 10.4 Å². The number of halogens is 2. The van der Waals surface area contributed by atoms with Gasteiger partial charge in [0.15, 0.2) is 5.65 Å². The Morgan fingerprint density at radius 2 is 2.00 bits per heavy atom. The monoisotopic (exact) mass is 438 g/mol. The summed E-state index contributed by atoms with van der Waals surface area (Å²) in [4.78, 5) is 21.0. The molecule has 32 heavy (non-hydrogen) atoms. The van der Waals surface area contributed by atoms with E-state index in [1.807, 2.05) is 11.0 Å². The van der Waals surface area contributed by atoms with Crippen molar-refractivity contribution in [2.24, 2.45) is 0 Å². The normalized spacial score (nSPS) is 19.4. The average molecular weight is 438 g/mol. The van der Waals surface area contributed by atoms with Crippen molar-refractivity contribution in [1.29, 1.82) is 0 Å². The highest BCUT2D eigenvalue weighted by Crippen LogP contribution is 2.36. The first kappa shape index (κ1) is 20.6. The number of piperazine rings is 1. The van der Waals surface area contributed by atoms with Crippen LogP contribution in [0.5, 0.6) is 0 Å². The lowest BCUT2D eigenvalue weighted by Gasteiger charge is -2.26. The molecule has 1 N–H and O–H groups in total. The third-order valence-corrected chi connectivity index (χ3v) is 6.08. The molecule has 2 aromatic heterocycles. The molecule has 7 nitrogen and oxygen atoms in total. The van der Waals surface area contributed by atoms with Crippen molar-refractivity contribution in [3.63, 3.8) is 0 Å². The summed E-state index contributed by atoms with van der Waals surface area (Å²) >= 11 is 0. The number of nitrogens with one attached hydrogen (secondary N) is 1. The highest BCUT2D eigenvalue weighted by molar-refractivity contribution is 5.92. The molecular weight excluding hydrogens is 414 g/mol. The Hall–Kier alpha value is -3.33. The molecule has 3 aromatic rings. The first-order valence-corrected chi connectivity index (χ1v) is 10.8. The van der Waals surface area contributed by atoms with E-state index >= 15 is 0 Å². The van der Waals surface area contributed by atoms with Gasteiger partial charge in [0.1, 0.15) is 17.5 Å². The Labute approximate surface area is 184 Å². The number of rotatable bonds is 4. The molecule has 1 atom stereocenters. The number of hydrogen-bond acceptors (Lipinski definition) is 5. The summed E-state index contributed by atoms with van der Waals surface area (Å²) in [6, 6.07) is 5.12. The van der Waals surface area contributed by atoms with Gasteiger partial charge in [-0.05, 0) is 43.2 Å². The van der Waals surface area contributed by atoms with E-state index in [1.165, 1.54) is 12.1 Å². The zero-order valence-corrected chi connectivity index (χ0v) is 17.5. The molecule has 1 unspecified atom stereocenters. The molecule has 1 aromatic carbocycles. The van der Waals surface area contributed by atoms with Gasteiger partial charge >= 0.3 is 0 Å². The maximum atomic E-state index is 14.4. The van der Waals surface area contributed by atoms with Crippen LogP contribution in [0.25, 0.3) is 11.7 Å². The van der Waals surface area contributed by atoms with Gasteiger partial charge in [0.2, 0.25) is 5.91 Å². The predicted molar refractivity (Wildman–Crippen MR) is 117 cm³/mol. The number of hydrogen-bond donors (Lipinski definition) is 1. The zero-order valence-electron chi connectivity index (χ0n) is 17.5. The van der Waals surface area contributed by atoms with E-state index in [1.54, 1.807) is 34.0 Å². The smallest absolute Gasteiger partial charge is 0.246 e. The van der Waals surface area contributed by atoms with E-state index in [-0.39, 0.29) is 11.9 Å². The molecule has 5 rings (SSSR count). The van der Waals surface area contributed by atoms with Gasteiger partial charge in [0, 0.05) is 56.1 Å². The molecule has 1 amide bonds. The summed E-state index contributed by atoms with van der Waals surface area (Å²) in [6.45, 7) is 3.67. The van der Waals surface area contributed by atoms with Gasteiger partial charge in [-0.3, -0.25) is 4.79 Å². The van der Waals surface area contributed by atoms with Crippen molar-refractivity contribution in [2.45, 2.75) is 18.9 Å². The van der Waals surface area contributed by atoms with Gasteiger partial charge < -0.3 is 15.1 Å². The van der Waals surface area contributed by atoms with Crippen molar-refractivity contribution in [3.8, 4) is 0 Å². The van der Waals surface area contributed by atoms with Crippen molar-refractivity contribution in [3.05, 3.63) is 65.5 Å². The summed E-state index contributed by atoms with van der Waals surface area (Å²) in [5.41, 5.74) is 1.68. The molecule has 0 spiro atoms. The first-order chi connectivity index (χ1) is 15.6. The Kier molecular flexibility index (Phi) is 5.57. The average Bonchev–Trinajstić information content (AvgIpc) is 3.46. The van der Waals surface area contributed by atoms with Gasteiger partial charge in [-0.2, -0.15) is 5.10 Å². The molecule has 4 heterocycles. The number of amides is 1. The molecule has 166 valence electrons. The van der Waals surface area contributed by atoms with Crippen molar-refractivity contribution in [1.82, 2.24) is 24.8 Å². The minimum absolute atomic E-state index is 0.0387. The number of benzene rings is 1. The summed E-state index contributed by atoms with van der Waals surface area (Å²) in [6.07, 6.45) is 8.33. The lowest BCUT2D eigenvalue weighted by Crippen LogP contribution is -2.45. The van der Waals surface area contributed by atoms with Crippen LogP contribution in [0, 0.1) is 11.6 Å². The standard InChI is InChI=1S/C23H24F2N6O/c24-17-4-5-19(25)18(14-17)20-2-1-10-30(20)21-7-11-31-23(28-21)16(15-27-31)3-6-22(32)29-12-8-26-9-13-29/h3-7,11,14-15,20,26H,1-2,8-10,12-13H2. The van der Waals surface area contributed by atoms with Gasteiger partial charge in [0.25, 0.3) is 0 Å². The van der Waals surface area contributed by atoms with Crippen LogP contribution in [0.3, 0.4) is 0 Å². The molecule has 0 bridgehead atoms. The van der Waals surface area contributed by atoms with Crippen LogP contribution in [0.2, 0.25) is 0 Å². The Balaban J connectivity index is 1.42. The fourth-order valence-corrected chi connectivity index (χ4v) is 4.44. The van der Waals surface area contributed by atoms with Crippen LogP contribution in [-0.4, -0.2) is 58.1 Å². The van der Waals surface area contributed by atoms with Gasteiger partial charge in [-0.25, -0.2) is 18.3 Å². The number of carbonyl (C=O) groups is 1. The molecule has 0 saturated carbocycles. The van der Waals surface area contributed by atoms with Gasteiger partial charge in [-0.1, -0.05) is 0 Å². The minimum Gasteiger partial charge on any atom is -0.349 e. The SMILES string of the molecule is O=C(C=Cc1cnn2ccc(N3CCCC3c3cc(F)ccc3F)nc12)N1CCNCC1. The predicted octanol–water partition coefficient (Wildman–Crippen LogP) is 2.79. The lowest BCUT2D eigenvalue weighted by molar-refractivity contribution is -0.126. The second kappa shape index (κ2) is 8.66. The quantitative estimate of drug-likeness (QED) is 0.635. The number of aromatic nitrogens is 3. The second-order valence-corrected chi connectivity index (χ2v) is 8.08. The highest BCUT2D eigenvalue weighted by Gasteiger charge is 2.30. The van der Waals surface area contributed by atoms with Crippen LogP contribution in [0.15, 0.2) is 42.7 Å². The Morgan fingerprint density at radius 3 is 2.84 bits per heavy atom.